The molecule has 0 saturated carbocycles. The number of anilines is 1. The molecule has 8 heteroatoms. The SMILES string of the molecule is COc1cc(/C=C2\N=C(c3ccc(NC(C)=O)cc3)OC2=O)ccc1OCc1ccc(F)cc1. The van der Waals surface area contributed by atoms with E-state index in [-0.39, 0.29) is 29.9 Å². The van der Waals surface area contributed by atoms with E-state index in [1.54, 1.807) is 60.7 Å². The Bertz CT molecular complexity index is 1280. The van der Waals surface area contributed by atoms with E-state index in [0.29, 0.717) is 28.3 Å². The van der Waals surface area contributed by atoms with E-state index in [1.807, 2.05) is 0 Å². The second kappa shape index (κ2) is 9.99. The van der Waals surface area contributed by atoms with E-state index in [9.17, 15) is 14.0 Å². The summed E-state index contributed by atoms with van der Waals surface area (Å²) >= 11 is 0. The Morgan fingerprint density at radius 2 is 1.79 bits per heavy atom. The molecule has 3 aromatic rings. The van der Waals surface area contributed by atoms with Crippen LogP contribution in [0.15, 0.2) is 77.4 Å². The van der Waals surface area contributed by atoms with Gasteiger partial charge in [-0.25, -0.2) is 14.2 Å². The van der Waals surface area contributed by atoms with Crippen molar-refractivity contribution in [1.29, 1.82) is 0 Å². The van der Waals surface area contributed by atoms with Crippen LogP contribution in [0.4, 0.5) is 10.1 Å². The first-order valence-electron chi connectivity index (χ1n) is 10.4. The zero-order valence-corrected chi connectivity index (χ0v) is 18.5. The van der Waals surface area contributed by atoms with Gasteiger partial charge in [0.2, 0.25) is 11.8 Å². The number of rotatable bonds is 7. The predicted molar refractivity (Wildman–Crippen MR) is 125 cm³/mol. The zero-order valence-electron chi connectivity index (χ0n) is 18.5. The quantitative estimate of drug-likeness (QED) is 0.407. The number of ether oxygens (including phenoxy) is 3. The van der Waals surface area contributed by atoms with Crippen LogP contribution in [0.1, 0.15) is 23.6 Å². The maximum Gasteiger partial charge on any atom is 0.363 e. The monoisotopic (exact) mass is 460 g/mol. The van der Waals surface area contributed by atoms with Gasteiger partial charge in [0, 0.05) is 18.2 Å². The van der Waals surface area contributed by atoms with Crippen molar-refractivity contribution < 1.29 is 28.2 Å². The van der Waals surface area contributed by atoms with Crippen LogP contribution in [0.5, 0.6) is 11.5 Å². The largest absolute Gasteiger partial charge is 0.493 e. The molecular weight excluding hydrogens is 439 g/mol. The topological polar surface area (TPSA) is 86.2 Å². The number of nitrogens with zero attached hydrogens (tertiary/aromatic N) is 1. The summed E-state index contributed by atoms with van der Waals surface area (Å²) in [5, 5.41) is 2.67. The molecule has 172 valence electrons. The van der Waals surface area contributed by atoms with Gasteiger partial charge < -0.3 is 19.5 Å². The summed E-state index contributed by atoms with van der Waals surface area (Å²) in [6.45, 7) is 1.67. The standard InChI is InChI=1S/C26H21FN2O5/c1-16(30)28-21-10-6-19(7-11-21)25-29-22(26(31)34-25)13-18-5-12-23(24(14-18)32-2)33-15-17-3-8-20(27)9-4-17/h3-14H,15H2,1-2H3,(H,28,30)/b22-13-. The molecule has 1 heterocycles. The highest BCUT2D eigenvalue weighted by Gasteiger charge is 2.24. The lowest BCUT2D eigenvalue weighted by atomic mass is 10.1. The summed E-state index contributed by atoms with van der Waals surface area (Å²) in [6, 6.07) is 18.1. The van der Waals surface area contributed by atoms with Crippen LogP contribution in [-0.4, -0.2) is 24.9 Å². The maximum absolute atomic E-state index is 13.1. The van der Waals surface area contributed by atoms with E-state index in [2.05, 4.69) is 10.3 Å². The Morgan fingerprint density at radius 1 is 1.06 bits per heavy atom. The van der Waals surface area contributed by atoms with Crippen molar-refractivity contribution in [3.63, 3.8) is 0 Å². The van der Waals surface area contributed by atoms with Crippen molar-refractivity contribution >= 4 is 29.5 Å². The lowest BCUT2D eigenvalue weighted by Crippen LogP contribution is -2.07. The highest BCUT2D eigenvalue weighted by molar-refractivity contribution is 6.13. The summed E-state index contributed by atoms with van der Waals surface area (Å²) in [7, 11) is 1.52. The maximum atomic E-state index is 13.1. The number of hydrogen-bond acceptors (Lipinski definition) is 6. The zero-order chi connectivity index (χ0) is 24.1. The first-order valence-corrected chi connectivity index (χ1v) is 10.4. The van der Waals surface area contributed by atoms with Gasteiger partial charge in [0.25, 0.3) is 0 Å². The van der Waals surface area contributed by atoms with Crippen LogP contribution in [0, 0.1) is 5.82 Å². The van der Waals surface area contributed by atoms with E-state index in [0.717, 1.165) is 5.56 Å². The first kappa shape index (κ1) is 22.7. The van der Waals surface area contributed by atoms with E-state index in [4.69, 9.17) is 14.2 Å². The van der Waals surface area contributed by atoms with Crippen molar-refractivity contribution in [2.24, 2.45) is 4.99 Å². The number of aliphatic imine (C=N–C) groups is 1. The first-order chi connectivity index (χ1) is 16.4. The van der Waals surface area contributed by atoms with E-state index in [1.165, 1.54) is 26.2 Å². The number of cyclic esters (lactones) is 1. The second-order valence-corrected chi connectivity index (χ2v) is 7.42. The number of carbonyl (C=O) groups is 2. The number of hydrogen-bond donors (Lipinski definition) is 1. The van der Waals surface area contributed by atoms with Gasteiger partial charge in [-0.1, -0.05) is 18.2 Å². The summed E-state index contributed by atoms with van der Waals surface area (Å²) in [6.07, 6.45) is 1.59. The number of halogens is 1. The molecule has 0 radical (unpaired) electrons. The lowest BCUT2D eigenvalue weighted by molar-refractivity contribution is -0.129. The van der Waals surface area contributed by atoms with Gasteiger partial charge in [0.15, 0.2) is 17.2 Å². The summed E-state index contributed by atoms with van der Waals surface area (Å²) in [5.41, 5.74) is 2.86. The number of amides is 1. The predicted octanol–water partition coefficient (Wildman–Crippen LogP) is 4.72. The van der Waals surface area contributed by atoms with Crippen molar-refractivity contribution in [2.45, 2.75) is 13.5 Å². The Labute approximate surface area is 195 Å². The van der Waals surface area contributed by atoms with Crippen LogP contribution in [0.2, 0.25) is 0 Å². The second-order valence-electron chi connectivity index (χ2n) is 7.42. The fourth-order valence-corrected chi connectivity index (χ4v) is 3.22. The summed E-state index contributed by atoms with van der Waals surface area (Å²) < 4.78 is 29.6. The van der Waals surface area contributed by atoms with E-state index >= 15 is 0 Å². The molecule has 0 saturated heterocycles. The molecule has 1 aliphatic rings. The molecule has 3 aromatic carbocycles. The third-order valence-electron chi connectivity index (χ3n) is 4.87. The lowest BCUT2D eigenvalue weighted by Gasteiger charge is -2.11. The summed E-state index contributed by atoms with van der Waals surface area (Å²) in [5.74, 6) is 0.0993. The third kappa shape index (κ3) is 5.47. The molecule has 0 spiro atoms. The van der Waals surface area contributed by atoms with Crippen LogP contribution in [0.3, 0.4) is 0 Å². The fraction of sp³-hybridized carbons (Fsp3) is 0.115. The molecule has 0 fully saturated rings. The minimum Gasteiger partial charge on any atom is -0.493 e. The van der Waals surface area contributed by atoms with Crippen molar-refractivity contribution in [2.75, 3.05) is 12.4 Å². The molecule has 0 aliphatic carbocycles. The van der Waals surface area contributed by atoms with Crippen LogP contribution < -0.4 is 14.8 Å². The Hall–Kier alpha value is -4.46. The van der Waals surface area contributed by atoms with Crippen molar-refractivity contribution in [1.82, 2.24) is 0 Å². The molecule has 1 aliphatic heterocycles. The van der Waals surface area contributed by atoms with Gasteiger partial charge in [0.1, 0.15) is 12.4 Å². The number of methoxy groups -OCH3 is 1. The fourth-order valence-electron chi connectivity index (χ4n) is 3.22. The van der Waals surface area contributed by atoms with Crippen LogP contribution in [-0.2, 0) is 20.9 Å². The molecule has 4 rings (SSSR count). The van der Waals surface area contributed by atoms with Gasteiger partial charge >= 0.3 is 5.97 Å². The molecule has 0 bridgehead atoms. The number of nitrogens with one attached hydrogen (secondary N) is 1. The van der Waals surface area contributed by atoms with Gasteiger partial charge in [-0.15, -0.1) is 0 Å². The Morgan fingerprint density at radius 3 is 2.47 bits per heavy atom. The molecule has 7 nitrogen and oxygen atoms in total. The third-order valence-corrected chi connectivity index (χ3v) is 4.87. The minimum absolute atomic E-state index is 0.142. The molecule has 1 amide bonds. The number of esters is 1. The number of benzene rings is 3. The molecule has 0 aromatic heterocycles. The van der Waals surface area contributed by atoms with Gasteiger partial charge in [0.05, 0.1) is 7.11 Å². The highest BCUT2D eigenvalue weighted by atomic mass is 19.1. The Kier molecular flexibility index (Phi) is 6.68. The average Bonchev–Trinajstić information content (AvgIpc) is 3.19. The molecular formula is C26H21FN2O5. The smallest absolute Gasteiger partial charge is 0.363 e. The van der Waals surface area contributed by atoms with Crippen LogP contribution in [0.25, 0.3) is 6.08 Å². The van der Waals surface area contributed by atoms with Gasteiger partial charge in [-0.05, 0) is 65.7 Å². The normalized spacial score (nSPS) is 13.9. The van der Waals surface area contributed by atoms with Crippen molar-refractivity contribution in [3.05, 3.63) is 94.9 Å². The molecule has 1 N–H and O–H groups in total. The average molecular weight is 460 g/mol. The summed E-state index contributed by atoms with van der Waals surface area (Å²) in [4.78, 5) is 27.8. The van der Waals surface area contributed by atoms with E-state index < -0.39 is 5.97 Å². The van der Waals surface area contributed by atoms with Gasteiger partial charge in [-0.2, -0.15) is 0 Å². The van der Waals surface area contributed by atoms with Crippen molar-refractivity contribution in [3.8, 4) is 11.5 Å². The van der Waals surface area contributed by atoms with Crippen LogP contribution >= 0.6 is 0 Å². The Balaban J connectivity index is 1.50. The molecule has 0 unspecified atom stereocenters. The highest BCUT2D eigenvalue weighted by Crippen LogP contribution is 2.30. The molecule has 34 heavy (non-hydrogen) atoms. The number of carbonyl (C=O) groups excluding carboxylic acids is 2. The molecule has 0 atom stereocenters. The van der Waals surface area contributed by atoms with Gasteiger partial charge in [-0.3, -0.25) is 4.79 Å². The minimum atomic E-state index is -0.573.